The summed E-state index contributed by atoms with van der Waals surface area (Å²) >= 11 is 0. The second kappa shape index (κ2) is 5.27. The van der Waals surface area contributed by atoms with E-state index < -0.39 is 0 Å². The van der Waals surface area contributed by atoms with Gasteiger partial charge in [-0.05, 0) is 6.92 Å². The van der Waals surface area contributed by atoms with E-state index in [1.807, 2.05) is 20.8 Å². The van der Waals surface area contributed by atoms with Crippen molar-refractivity contribution in [3.63, 3.8) is 0 Å². The smallest absolute Gasteiger partial charge is 0.180 e. The Bertz CT molecular complexity index is 110. The van der Waals surface area contributed by atoms with Crippen molar-refractivity contribution >= 4 is 5.90 Å². The van der Waals surface area contributed by atoms with Gasteiger partial charge in [0.05, 0.1) is 6.10 Å². The Kier molecular flexibility index (Phi) is 4.99. The molecule has 1 atom stereocenters. The normalized spacial score (nSPS) is 23.6. The fourth-order valence-electron chi connectivity index (χ4n) is 0.791. The number of nitrogens with zero attached hydrogens (tertiary/aromatic N) is 1. The van der Waals surface area contributed by atoms with Crippen LogP contribution in [0.4, 0.5) is 0 Å². The fraction of sp³-hybridized carbons (Fsp3) is 0.875. The topological polar surface area (TPSA) is 21.6 Å². The van der Waals surface area contributed by atoms with Crippen molar-refractivity contribution in [2.75, 3.05) is 6.54 Å². The van der Waals surface area contributed by atoms with Gasteiger partial charge in [-0.25, -0.2) is 0 Å². The van der Waals surface area contributed by atoms with Crippen LogP contribution in [0.2, 0.25) is 0 Å². The van der Waals surface area contributed by atoms with Gasteiger partial charge in [-0.2, -0.15) is 0 Å². The monoisotopic (exact) mass is 143 g/mol. The largest absolute Gasteiger partial charge is 0.478 e. The SMILES string of the molecule is CC.CC1=NCCC(C)O1. The van der Waals surface area contributed by atoms with Gasteiger partial charge in [0, 0.05) is 19.9 Å². The van der Waals surface area contributed by atoms with Crippen LogP contribution in [0.1, 0.15) is 34.1 Å². The first-order chi connectivity index (χ1) is 4.79. The van der Waals surface area contributed by atoms with Gasteiger partial charge in [-0.1, -0.05) is 13.8 Å². The zero-order valence-electron chi connectivity index (χ0n) is 7.35. The highest BCUT2D eigenvalue weighted by molar-refractivity contribution is 5.73. The molecule has 0 fully saturated rings. The zero-order chi connectivity index (χ0) is 7.98. The summed E-state index contributed by atoms with van der Waals surface area (Å²) in [5.74, 6) is 0.837. The maximum Gasteiger partial charge on any atom is 0.180 e. The molecule has 0 N–H and O–H groups in total. The second-order valence-electron chi connectivity index (χ2n) is 2.12. The number of hydrogen-bond donors (Lipinski definition) is 0. The molecule has 0 radical (unpaired) electrons. The van der Waals surface area contributed by atoms with Crippen LogP contribution in [0.5, 0.6) is 0 Å². The van der Waals surface area contributed by atoms with E-state index in [1.165, 1.54) is 0 Å². The van der Waals surface area contributed by atoms with Crippen molar-refractivity contribution in [3.8, 4) is 0 Å². The Morgan fingerprint density at radius 2 is 2.10 bits per heavy atom. The third kappa shape index (κ3) is 3.49. The number of rotatable bonds is 0. The molecule has 1 rings (SSSR count). The highest BCUT2D eigenvalue weighted by atomic mass is 16.5. The summed E-state index contributed by atoms with van der Waals surface area (Å²) in [7, 11) is 0. The third-order valence-electron chi connectivity index (χ3n) is 1.24. The summed E-state index contributed by atoms with van der Waals surface area (Å²) in [5, 5.41) is 0. The summed E-state index contributed by atoms with van der Waals surface area (Å²) in [4.78, 5) is 4.07. The van der Waals surface area contributed by atoms with Crippen LogP contribution in [0, 0.1) is 0 Å². The molecule has 0 aromatic carbocycles. The van der Waals surface area contributed by atoms with Gasteiger partial charge in [-0.15, -0.1) is 0 Å². The van der Waals surface area contributed by atoms with E-state index in [-0.39, 0.29) is 0 Å². The van der Waals surface area contributed by atoms with Gasteiger partial charge >= 0.3 is 0 Å². The second-order valence-corrected chi connectivity index (χ2v) is 2.12. The van der Waals surface area contributed by atoms with Gasteiger partial charge in [0.2, 0.25) is 0 Å². The Balaban J connectivity index is 0.000000371. The van der Waals surface area contributed by atoms with Crippen LogP contribution in [0.25, 0.3) is 0 Å². The molecule has 0 saturated heterocycles. The molecule has 0 aliphatic carbocycles. The molecule has 2 heteroatoms. The molecule has 0 aromatic rings. The predicted molar refractivity (Wildman–Crippen MR) is 44.5 cm³/mol. The van der Waals surface area contributed by atoms with Gasteiger partial charge < -0.3 is 4.74 Å². The van der Waals surface area contributed by atoms with Crippen LogP contribution in [-0.4, -0.2) is 18.5 Å². The molecule has 0 saturated carbocycles. The maximum absolute atomic E-state index is 5.24. The van der Waals surface area contributed by atoms with Crippen molar-refractivity contribution in [1.82, 2.24) is 0 Å². The standard InChI is InChI=1S/C6H11NO.C2H6/c1-5-3-4-7-6(2)8-5;1-2/h5H,3-4H2,1-2H3;1-2H3. The lowest BCUT2D eigenvalue weighted by Gasteiger charge is -2.17. The van der Waals surface area contributed by atoms with Gasteiger partial charge in [-0.3, -0.25) is 4.99 Å². The van der Waals surface area contributed by atoms with Crippen LogP contribution in [-0.2, 0) is 4.74 Å². The summed E-state index contributed by atoms with van der Waals surface area (Å²) in [6.45, 7) is 8.90. The molecule has 1 aliphatic rings. The minimum atomic E-state index is 0.382. The fourth-order valence-corrected chi connectivity index (χ4v) is 0.791. The first kappa shape index (κ1) is 9.47. The first-order valence-corrected chi connectivity index (χ1v) is 3.97. The Hall–Kier alpha value is -0.530. The van der Waals surface area contributed by atoms with Gasteiger partial charge in [0.15, 0.2) is 5.90 Å². The molecule has 0 bridgehead atoms. The van der Waals surface area contributed by atoms with E-state index >= 15 is 0 Å². The molecule has 1 heterocycles. The van der Waals surface area contributed by atoms with Crippen LogP contribution >= 0.6 is 0 Å². The van der Waals surface area contributed by atoms with E-state index in [1.54, 1.807) is 0 Å². The quantitative estimate of drug-likeness (QED) is 0.509. The maximum atomic E-state index is 5.24. The average molecular weight is 143 g/mol. The molecule has 0 spiro atoms. The zero-order valence-corrected chi connectivity index (χ0v) is 7.35. The van der Waals surface area contributed by atoms with Gasteiger partial charge in [0.1, 0.15) is 0 Å². The van der Waals surface area contributed by atoms with E-state index in [0.29, 0.717) is 6.10 Å². The summed E-state index contributed by atoms with van der Waals surface area (Å²) in [6.07, 6.45) is 1.45. The predicted octanol–water partition coefficient (Wildman–Crippen LogP) is 2.24. The van der Waals surface area contributed by atoms with Crippen LogP contribution in [0.3, 0.4) is 0 Å². The molecule has 1 aliphatic heterocycles. The van der Waals surface area contributed by atoms with E-state index in [4.69, 9.17) is 4.74 Å². The summed E-state index contributed by atoms with van der Waals surface area (Å²) in [5.41, 5.74) is 0. The lowest BCUT2D eigenvalue weighted by Crippen LogP contribution is -2.18. The minimum absolute atomic E-state index is 0.382. The van der Waals surface area contributed by atoms with E-state index in [0.717, 1.165) is 18.9 Å². The number of hydrogen-bond acceptors (Lipinski definition) is 2. The van der Waals surface area contributed by atoms with Crippen molar-refractivity contribution in [2.45, 2.75) is 40.2 Å². The number of aliphatic imine (C=N–C) groups is 1. The number of ether oxygens (including phenoxy) is 1. The van der Waals surface area contributed by atoms with Crippen molar-refractivity contribution < 1.29 is 4.74 Å². The molecular weight excluding hydrogens is 126 g/mol. The molecule has 0 aromatic heterocycles. The molecule has 1 unspecified atom stereocenters. The molecule has 10 heavy (non-hydrogen) atoms. The highest BCUT2D eigenvalue weighted by Crippen LogP contribution is 2.04. The van der Waals surface area contributed by atoms with E-state index in [2.05, 4.69) is 11.9 Å². The van der Waals surface area contributed by atoms with E-state index in [9.17, 15) is 0 Å². The third-order valence-corrected chi connectivity index (χ3v) is 1.24. The molecule has 60 valence electrons. The molecule has 2 nitrogen and oxygen atoms in total. The highest BCUT2D eigenvalue weighted by Gasteiger charge is 2.07. The minimum Gasteiger partial charge on any atom is -0.478 e. The van der Waals surface area contributed by atoms with Gasteiger partial charge in [0.25, 0.3) is 0 Å². The van der Waals surface area contributed by atoms with Crippen LogP contribution in [0.15, 0.2) is 4.99 Å². The first-order valence-electron chi connectivity index (χ1n) is 3.97. The summed E-state index contributed by atoms with van der Waals surface area (Å²) < 4.78 is 5.24. The Labute approximate surface area is 63.3 Å². The molecule has 0 amide bonds. The Morgan fingerprint density at radius 3 is 2.40 bits per heavy atom. The van der Waals surface area contributed by atoms with Crippen LogP contribution < -0.4 is 0 Å². The lowest BCUT2D eigenvalue weighted by atomic mass is 10.3. The lowest BCUT2D eigenvalue weighted by molar-refractivity contribution is 0.183. The van der Waals surface area contributed by atoms with Crippen molar-refractivity contribution in [2.24, 2.45) is 4.99 Å². The Morgan fingerprint density at radius 1 is 1.50 bits per heavy atom. The average Bonchev–Trinajstić information content (AvgIpc) is 1.91. The van der Waals surface area contributed by atoms with Crippen molar-refractivity contribution in [1.29, 1.82) is 0 Å². The summed E-state index contributed by atoms with van der Waals surface area (Å²) in [6, 6.07) is 0. The van der Waals surface area contributed by atoms with Crippen molar-refractivity contribution in [3.05, 3.63) is 0 Å². The molecular formula is C8H17NO.